The van der Waals surface area contributed by atoms with Gasteiger partial charge < -0.3 is 15.2 Å². The zero-order valence-electron chi connectivity index (χ0n) is 9.30. The van der Waals surface area contributed by atoms with Gasteiger partial charge in [0.1, 0.15) is 6.61 Å². The Hall–Kier alpha value is -1.20. The normalized spacial score (nSPS) is 12.6. The number of halogens is 2. The molecule has 1 atom stereocenters. The van der Waals surface area contributed by atoms with Crippen LogP contribution in [0.3, 0.4) is 0 Å². The largest absolute Gasteiger partial charge is 0.485 e. The number of hydrogen-bond acceptors (Lipinski definition) is 3. The van der Waals surface area contributed by atoms with Gasteiger partial charge in [0.2, 0.25) is 0 Å². The third-order valence-corrected chi connectivity index (χ3v) is 2.16. The molecule has 0 saturated heterocycles. The Bertz CT molecular complexity index is 335. The van der Waals surface area contributed by atoms with E-state index in [1.54, 1.807) is 6.92 Å². The Balaban J connectivity index is 2.80. The van der Waals surface area contributed by atoms with E-state index in [9.17, 15) is 8.78 Å². The molecule has 5 heteroatoms. The summed E-state index contributed by atoms with van der Waals surface area (Å²) in [6, 6.07) is 2.33. The molecule has 0 saturated carbocycles. The van der Waals surface area contributed by atoms with E-state index in [4.69, 9.17) is 15.2 Å². The van der Waals surface area contributed by atoms with Crippen LogP contribution in [0.4, 0.5) is 8.78 Å². The summed E-state index contributed by atoms with van der Waals surface area (Å²) in [5.74, 6) is -1.88. The van der Waals surface area contributed by atoms with Gasteiger partial charge in [-0.15, -0.1) is 0 Å². The number of ether oxygens (including phenoxy) is 2. The maximum atomic E-state index is 13.4. The molecule has 0 aliphatic rings. The molecule has 2 N–H and O–H groups in total. The number of nitrogens with two attached hydrogens (primary N) is 1. The molecule has 16 heavy (non-hydrogen) atoms. The van der Waals surface area contributed by atoms with Crippen LogP contribution in [0.25, 0.3) is 0 Å². The van der Waals surface area contributed by atoms with E-state index in [1.165, 1.54) is 7.11 Å². The molecule has 0 aromatic heterocycles. The van der Waals surface area contributed by atoms with Crippen molar-refractivity contribution in [3.8, 4) is 5.75 Å². The van der Waals surface area contributed by atoms with Crippen molar-refractivity contribution in [1.29, 1.82) is 0 Å². The molecule has 3 nitrogen and oxygen atoms in total. The molecule has 1 unspecified atom stereocenters. The lowest BCUT2D eigenvalue weighted by Crippen LogP contribution is -2.17. The molecule has 1 aromatic carbocycles. The zero-order valence-corrected chi connectivity index (χ0v) is 9.30. The molecular formula is C11H15F2NO2. The average Bonchev–Trinajstić information content (AvgIpc) is 2.27. The van der Waals surface area contributed by atoms with E-state index in [-0.39, 0.29) is 25.0 Å². The minimum absolute atomic E-state index is 0.0859. The van der Waals surface area contributed by atoms with Crippen molar-refractivity contribution in [3.05, 3.63) is 29.3 Å². The van der Waals surface area contributed by atoms with E-state index < -0.39 is 11.6 Å². The van der Waals surface area contributed by atoms with Crippen molar-refractivity contribution < 1.29 is 18.3 Å². The third kappa shape index (κ3) is 3.15. The zero-order chi connectivity index (χ0) is 12.1. The van der Waals surface area contributed by atoms with Gasteiger partial charge in [-0.05, 0) is 24.6 Å². The van der Waals surface area contributed by atoms with E-state index >= 15 is 0 Å². The molecule has 0 heterocycles. The van der Waals surface area contributed by atoms with Crippen LogP contribution in [0.15, 0.2) is 12.1 Å². The van der Waals surface area contributed by atoms with Gasteiger partial charge in [0.25, 0.3) is 0 Å². The first-order valence-electron chi connectivity index (χ1n) is 4.92. The second-order valence-corrected chi connectivity index (χ2v) is 3.45. The Kier molecular flexibility index (Phi) is 4.64. The summed E-state index contributed by atoms with van der Waals surface area (Å²) < 4.78 is 36.7. The summed E-state index contributed by atoms with van der Waals surface area (Å²) in [5, 5.41) is 0. The monoisotopic (exact) mass is 231 g/mol. The first-order valence-corrected chi connectivity index (χ1v) is 4.92. The molecule has 0 radical (unpaired) electrons. The van der Waals surface area contributed by atoms with Crippen molar-refractivity contribution in [2.45, 2.75) is 19.6 Å². The number of rotatable bonds is 5. The number of methoxy groups -OCH3 is 1. The van der Waals surface area contributed by atoms with Crippen LogP contribution in [0.1, 0.15) is 12.5 Å². The third-order valence-electron chi connectivity index (χ3n) is 2.16. The molecular weight excluding hydrogens is 216 g/mol. The van der Waals surface area contributed by atoms with Crippen LogP contribution in [0.2, 0.25) is 0 Å². The molecule has 0 spiro atoms. The molecule has 1 rings (SSSR count). The van der Waals surface area contributed by atoms with E-state index in [0.717, 1.165) is 12.1 Å². The molecule has 0 fully saturated rings. The first-order chi connectivity index (χ1) is 7.58. The van der Waals surface area contributed by atoms with Crippen molar-refractivity contribution in [2.75, 3.05) is 13.7 Å². The van der Waals surface area contributed by atoms with Crippen molar-refractivity contribution in [3.63, 3.8) is 0 Å². The smallest absolute Gasteiger partial charge is 0.190 e. The summed E-state index contributed by atoms with van der Waals surface area (Å²) in [6.45, 7) is 1.92. The van der Waals surface area contributed by atoms with Crippen LogP contribution >= 0.6 is 0 Å². The fourth-order valence-electron chi connectivity index (χ4n) is 1.14. The first kappa shape index (κ1) is 12.9. The van der Waals surface area contributed by atoms with Gasteiger partial charge in [-0.1, -0.05) is 0 Å². The Labute approximate surface area is 93.2 Å². The van der Waals surface area contributed by atoms with Crippen LogP contribution in [-0.2, 0) is 11.3 Å². The molecule has 0 bridgehead atoms. The van der Waals surface area contributed by atoms with Gasteiger partial charge in [-0.25, -0.2) is 8.78 Å². The lowest BCUT2D eigenvalue weighted by molar-refractivity contribution is 0.0685. The standard InChI is InChI=1S/C11H15F2NO2/c1-7(15-2)6-16-11-9(12)3-8(5-14)4-10(11)13/h3-4,7H,5-6,14H2,1-2H3. The maximum absolute atomic E-state index is 13.4. The molecule has 0 aliphatic carbocycles. The predicted molar refractivity (Wildman–Crippen MR) is 56.2 cm³/mol. The summed E-state index contributed by atoms with van der Waals surface area (Å²) in [7, 11) is 1.50. The highest BCUT2D eigenvalue weighted by molar-refractivity contribution is 5.31. The van der Waals surface area contributed by atoms with E-state index in [1.807, 2.05) is 0 Å². The lowest BCUT2D eigenvalue weighted by Gasteiger charge is -2.13. The van der Waals surface area contributed by atoms with E-state index in [2.05, 4.69) is 0 Å². The summed E-state index contributed by atoms with van der Waals surface area (Å²) >= 11 is 0. The number of hydrogen-bond donors (Lipinski definition) is 1. The minimum atomic E-state index is -0.747. The van der Waals surface area contributed by atoms with Crippen molar-refractivity contribution in [1.82, 2.24) is 0 Å². The second-order valence-electron chi connectivity index (χ2n) is 3.45. The fraction of sp³-hybridized carbons (Fsp3) is 0.455. The topological polar surface area (TPSA) is 44.5 Å². The van der Waals surface area contributed by atoms with Gasteiger partial charge in [0.05, 0.1) is 6.10 Å². The SMILES string of the molecule is COC(C)COc1c(F)cc(CN)cc1F. The highest BCUT2D eigenvalue weighted by atomic mass is 19.1. The second kappa shape index (κ2) is 5.77. The summed E-state index contributed by atoms with van der Waals surface area (Å²) in [4.78, 5) is 0. The Morgan fingerprint density at radius 3 is 2.31 bits per heavy atom. The van der Waals surface area contributed by atoms with Gasteiger partial charge in [-0.2, -0.15) is 0 Å². The van der Waals surface area contributed by atoms with Gasteiger partial charge >= 0.3 is 0 Å². The highest BCUT2D eigenvalue weighted by Crippen LogP contribution is 2.23. The van der Waals surface area contributed by atoms with Gasteiger partial charge in [-0.3, -0.25) is 0 Å². The predicted octanol–water partition coefficient (Wildman–Crippen LogP) is 1.84. The Morgan fingerprint density at radius 2 is 1.88 bits per heavy atom. The molecule has 0 amide bonds. The van der Waals surface area contributed by atoms with Crippen LogP contribution < -0.4 is 10.5 Å². The molecule has 1 aromatic rings. The highest BCUT2D eigenvalue weighted by Gasteiger charge is 2.13. The van der Waals surface area contributed by atoms with E-state index in [0.29, 0.717) is 5.56 Å². The summed E-state index contributed by atoms with van der Waals surface area (Å²) in [5.41, 5.74) is 5.68. The lowest BCUT2D eigenvalue weighted by atomic mass is 10.2. The fourth-order valence-corrected chi connectivity index (χ4v) is 1.14. The summed E-state index contributed by atoms with van der Waals surface area (Å²) in [6.07, 6.45) is -0.229. The Morgan fingerprint density at radius 1 is 1.31 bits per heavy atom. The van der Waals surface area contributed by atoms with Crippen molar-refractivity contribution in [2.24, 2.45) is 5.73 Å². The molecule has 0 aliphatic heterocycles. The maximum Gasteiger partial charge on any atom is 0.190 e. The number of benzene rings is 1. The van der Waals surface area contributed by atoms with Crippen LogP contribution in [0.5, 0.6) is 5.75 Å². The minimum Gasteiger partial charge on any atom is -0.485 e. The van der Waals surface area contributed by atoms with Gasteiger partial charge in [0.15, 0.2) is 17.4 Å². The van der Waals surface area contributed by atoms with Crippen LogP contribution in [0, 0.1) is 11.6 Å². The van der Waals surface area contributed by atoms with Gasteiger partial charge in [0, 0.05) is 13.7 Å². The molecule has 90 valence electrons. The van der Waals surface area contributed by atoms with Crippen molar-refractivity contribution >= 4 is 0 Å². The van der Waals surface area contributed by atoms with Crippen LogP contribution in [-0.4, -0.2) is 19.8 Å². The quantitative estimate of drug-likeness (QED) is 0.840. The average molecular weight is 231 g/mol.